The van der Waals surface area contributed by atoms with Gasteiger partial charge in [0.2, 0.25) is 0 Å². The van der Waals surface area contributed by atoms with Crippen molar-refractivity contribution in [3.05, 3.63) is 65.7 Å². The third kappa shape index (κ3) is 4.00. The van der Waals surface area contributed by atoms with Crippen molar-refractivity contribution in [2.75, 3.05) is 18.4 Å². The van der Waals surface area contributed by atoms with E-state index < -0.39 is 23.4 Å². The SMILES string of the molecule is O=C1NC2(CCN(C(=O)Nc3cccc(C(F)(F)F)c3)CC2)N=C1c1ccccc1. The van der Waals surface area contributed by atoms with Gasteiger partial charge in [-0.15, -0.1) is 0 Å². The second-order valence-electron chi connectivity index (χ2n) is 7.31. The molecule has 0 saturated carbocycles. The summed E-state index contributed by atoms with van der Waals surface area (Å²) in [5.74, 6) is -0.247. The Hall–Kier alpha value is -3.36. The van der Waals surface area contributed by atoms with E-state index in [1.54, 1.807) is 0 Å². The number of rotatable bonds is 2. The lowest BCUT2D eigenvalue weighted by molar-refractivity contribution is -0.137. The zero-order valence-corrected chi connectivity index (χ0v) is 15.9. The number of likely N-dealkylation sites (tertiary alicyclic amines) is 1. The van der Waals surface area contributed by atoms with E-state index in [2.05, 4.69) is 15.6 Å². The molecule has 2 aromatic rings. The lowest BCUT2D eigenvalue weighted by Gasteiger charge is -2.37. The van der Waals surface area contributed by atoms with Gasteiger partial charge in [-0.2, -0.15) is 13.2 Å². The van der Waals surface area contributed by atoms with E-state index in [0.717, 1.165) is 17.7 Å². The number of nitrogens with zero attached hydrogens (tertiary/aromatic N) is 2. The lowest BCUT2D eigenvalue weighted by Crippen LogP contribution is -2.53. The van der Waals surface area contributed by atoms with Gasteiger partial charge < -0.3 is 15.5 Å². The van der Waals surface area contributed by atoms with Crippen molar-refractivity contribution in [3.8, 4) is 0 Å². The molecule has 0 bridgehead atoms. The monoisotopic (exact) mass is 416 g/mol. The van der Waals surface area contributed by atoms with Crippen LogP contribution < -0.4 is 10.6 Å². The Morgan fingerprint density at radius 1 is 1.07 bits per heavy atom. The molecule has 4 rings (SSSR count). The maximum atomic E-state index is 12.8. The number of benzene rings is 2. The summed E-state index contributed by atoms with van der Waals surface area (Å²) in [4.78, 5) is 31.0. The molecule has 0 aromatic heterocycles. The highest BCUT2D eigenvalue weighted by molar-refractivity contribution is 6.46. The van der Waals surface area contributed by atoms with Crippen molar-refractivity contribution in [3.63, 3.8) is 0 Å². The first kappa shape index (κ1) is 19.9. The third-order valence-corrected chi connectivity index (χ3v) is 5.25. The van der Waals surface area contributed by atoms with Crippen molar-refractivity contribution in [2.24, 2.45) is 4.99 Å². The van der Waals surface area contributed by atoms with Gasteiger partial charge in [0.1, 0.15) is 11.4 Å². The Labute approximate surface area is 170 Å². The fraction of sp³-hybridized carbons (Fsp3) is 0.286. The van der Waals surface area contributed by atoms with Gasteiger partial charge in [-0.25, -0.2) is 4.79 Å². The molecule has 0 atom stereocenters. The van der Waals surface area contributed by atoms with Crippen LogP contribution in [0.2, 0.25) is 0 Å². The van der Waals surface area contributed by atoms with E-state index in [1.807, 2.05) is 30.3 Å². The Morgan fingerprint density at radius 2 is 1.77 bits per heavy atom. The van der Waals surface area contributed by atoms with Gasteiger partial charge in [0.15, 0.2) is 0 Å². The van der Waals surface area contributed by atoms with Crippen LogP contribution in [0, 0.1) is 0 Å². The number of halogens is 3. The molecular weight excluding hydrogens is 397 g/mol. The molecule has 156 valence electrons. The molecule has 2 aliphatic heterocycles. The first-order valence-electron chi connectivity index (χ1n) is 9.47. The number of nitrogens with one attached hydrogen (secondary N) is 2. The normalized spacial score (nSPS) is 18.2. The number of piperidine rings is 1. The minimum atomic E-state index is -4.48. The standard InChI is InChI=1S/C21H19F3N4O2/c22-21(23,24)15-7-4-8-16(13-15)25-19(30)28-11-9-20(10-12-28)26-17(18(29)27-20)14-5-2-1-3-6-14/h1-8,13H,9-12H2,(H,25,30)(H,27,29). The molecule has 2 heterocycles. The molecule has 1 saturated heterocycles. The van der Waals surface area contributed by atoms with Gasteiger partial charge in [0, 0.05) is 37.2 Å². The molecule has 2 aliphatic rings. The maximum Gasteiger partial charge on any atom is 0.416 e. The predicted octanol–water partition coefficient (Wildman–Crippen LogP) is 3.65. The zero-order chi connectivity index (χ0) is 21.4. The summed E-state index contributed by atoms with van der Waals surface area (Å²) in [7, 11) is 0. The van der Waals surface area contributed by atoms with E-state index in [4.69, 9.17) is 0 Å². The molecular formula is C21H19F3N4O2. The van der Waals surface area contributed by atoms with Crippen LogP contribution in [0.5, 0.6) is 0 Å². The van der Waals surface area contributed by atoms with Crippen LogP contribution in [-0.4, -0.2) is 41.3 Å². The van der Waals surface area contributed by atoms with Crippen molar-refractivity contribution in [2.45, 2.75) is 24.7 Å². The number of carbonyl (C=O) groups is 2. The quantitative estimate of drug-likeness (QED) is 0.785. The van der Waals surface area contributed by atoms with E-state index in [0.29, 0.717) is 31.6 Å². The summed E-state index contributed by atoms with van der Waals surface area (Å²) in [6.45, 7) is 0.632. The molecule has 0 aliphatic carbocycles. The largest absolute Gasteiger partial charge is 0.416 e. The van der Waals surface area contributed by atoms with Gasteiger partial charge in [0.25, 0.3) is 5.91 Å². The molecule has 9 heteroatoms. The second kappa shape index (κ2) is 7.47. The van der Waals surface area contributed by atoms with Gasteiger partial charge >= 0.3 is 12.2 Å². The van der Waals surface area contributed by atoms with Crippen LogP contribution >= 0.6 is 0 Å². The number of alkyl halides is 3. The molecule has 1 spiro atoms. The Morgan fingerprint density at radius 3 is 2.43 bits per heavy atom. The summed E-state index contributed by atoms with van der Waals surface area (Å²) < 4.78 is 38.5. The highest BCUT2D eigenvalue weighted by Gasteiger charge is 2.43. The minimum absolute atomic E-state index is 0.0775. The molecule has 0 radical (unpaired) electrons. The van der Waals surface area contributed by atoms with Crippen LogP contribution in [-0.2, 0) is 11.0 Å². The van der Waals surface area contributed by atoms with Crippen LogP contribution in [0.15, 0.2) is 59.6 Å². The van der Waals surface area contributed by atoms with Gasteiger partial charge in [-0.3, -0.25) is 9.79 Å². The van der Waals surface area contributed by atoms with E-state index in [9.17, 15) is 22.8 Å². The van der Waals surface area contributed by atoms with Crippen LogP contribution in [0.4, 0.5) is 23.7 Å². The predicted molar refractivity (Wildman–Crippen MR) is 105 cm³/mol. The van der Waals surface area contributed by atoms with Crippen molar-refractivity contribution < 1.29 is 22.8 Å². The molecule has 3 amide bonds. The number of hydrogen-bond acceptors (Lipinski definition) is 3. The maximum absolute atomic E-state index is 12.8. The summed E-state index contributed by atoms with van der Waals surface area (Å²) in [5, 5.41) is 5.44. The summed E-state index contributed by atoms with van der Waals surface area (Å²) in [6, 6.07) is 13.2. The van der Waals surface area contributed by atoms with Gasteiger partial charge in [-0.05, 0) is 18.2 Å². The van der Waals surface area contributed by atoms with Gasteiger partial charge in [-0.1, -0.05) is 36.4 Å². The molecule has 30 heavy (non-hydrogen) atoms. The first-order chi connectivity index (χ1) is 14.3. The molecule has 2 aromatic carbocycles. The third-order valence-electron chi connectivity index (χ3n) is 5.25. The highest BCUT2D eigenvalue weighted by atomic mass is 19.4. The second-order valence-corrected chi connectivity index (χ2v) is 7.31. The Bertz CT molecular complexity index is 997. The fourth-order valence-corrected chi connectivity index (χ4v) is 3.65. The first-order valence-corrected chi connectivity index (χ1v) is 9.47. The number of urea groups is 1. The van der Waals surface area contributed by atoms with E-state index >= 15 is 0 Å². The molecule has 0 unspecified atom stereocenters. The molecule has 2 N–H and O–H groups in total. The number of aliphatic imine (C=N–C) groups is 1. The number of amides is 3. The van der Waals surface area contributed by atoms with Crippen molar-refractivity contribution in [1.82, 2.24) is 10.2 Å². The van der Waals surface area contributed by atoms with Gasteiger partial charge in [0.05, 0.1) is 5.56 Å². The minimum Gasteiger partial charge on any atom is -0.326 e. The lowest BCUT2D eigenvalue weighted by atomic mass is 9.98. The van der Waals surface area contributed by atoms with Crippen LogP contribution in [0.25, 0.3) is 0 Å². The number of hydrogen-bond donors (Lipinski definition) is 2. The summed E-state index contributed by atoms with van der Waals surface area (Å²) in [6.07, 6.45) is -3.64. The number of anilines is 1. The Balaban J connectivity index is 1.41. The zero-order valence-electron chi connectivity index (χ0n) is 15.9. The summed E-state index contributed by atoms with van der Waals surface area (Å²) in [5.41, 5.74) is -0.396. The average molecular weight is 416 g/mol. The van der Waals surface area contributed by atoms with Crippen LogP contribution in [0.1, 0.15) is 24.0 Å². The average Bonchev–Trinajstić information content (AvgIpc) is 3.04. The van der Waals surface area contributed by atoms with Crippen LogP contribution in [0.3, 0.4) is 0 Å². The van der Waals surface area contributed by atoms with Crippen molar-refractivity contribution >= 4 is 23.3 Å². The number of carbonyl (C=O) groups excluding carboxylic acids is 2. The topological polar surface area (TPSA) is 73.8 Å². The Kier molecular flexibility index (Phi) is 4.97. The molecule has 1 fully saturated rings. The van der Waals surface area contributed by atoms with E-state index in [-0.39, 0.29) is 11.6 Å². The fourth-order valence-electron chi connectivity index (χ4n) is 3.65. The van der Waals surface area contributed by atoms with Crippen molar-refractivity contribution in [1.29, 1.82) is 0 Å². The smallest absolute Gasteiger partial charge is 0.326 e. The highest BCUT2D eigenvalue weighted by Crippen LogP contribution is 2.31. The summed E-state index contributed by atoms with van der Waals surface area (Å²) >= 11 is 0. The molecule has 6 nitrogen and oxygen atoms in total. The van der Waals surface area contributed by atoms with E-state index in [1.165, 1.54) is 17.0 Å².